The van der Waals surface area contributed by atoms with E-state index >= 15 is 0 Å². The first-order valence-electron chi connectivity index (χ1n) is 7.51. The molecule has 20 heavy (non-hydrogen) atoms. The van der Waals surface area contributed by atoms with E-state index < -0.39 is 0 Å². The zero-order chi connectivity index (χ0) is 14.8. The van der Waals surface area contributed by atoms with E-state index in [2.05, 4.69) is 36.4 Å². The maximum Gasteiger partial charge on any atom is 0.107 e. The molecule has 0 saturated carbocycles. The van der Waals surface area contributed by atoms with E-state index in [1.165, 1.54) is 10.7 Å². The van der Waals surface area contributed by atoms with E-state index in [1.54, 1.807) is 18.4 Å². The number of aromatic nitrogens is 1. The Morgan fingerprint density at radius 2 is 2.25 bits per heavy atom. The molecule has 0 unspecified atom stereocenters. The van der Waals surface area contributed by atoms with Crippen molar-refractivity contribution in [1.82, 2.24) is 15.2 Å². The molecule has 1 N–H and O–H groups in total. The van der Waals surface area contributed by atoms with Crippen LogP contribution in [-0.2, 0) is 17.8 Å². The molecule has 0 fully saturated rings. The fourth-order valence-corrected chi connectivity index (χ4v) is 2.83. The van der Waals surface area contributed by atoms with Gasteiger partial charge in [-0.15, -0.1) is 11.3 Å². The van der Waals surface area contributed by atoms with Crippen molar-refractivity contribution in [3.63, 3.8) is 0 Å². The first-order valence-corrected chi connectivity index (χ1v) is 8.39. The Hall–Kier alpha value is -0.490. The molecular formula is C15H29N3OS. The minimum atomic E-state index is 0.663. The lowest BCUT2D eigenvalue weighted by molar-refractivity contribution is 0.135. The van der Waals surface area contributed by atoms with E-state index in [0.717, 1.165) is 45.8 Å². The summed E-state index contributed by atoms with van der Waals surface area (Å²) in [4.78, 5) is 7.13. The number of nitrogens with one attached hydrogen (secondary N) is 1. The Morgan fingerprint density at radius 3 is 2.90 bits per heavy atom. The maximum atomic E-state index is 5.19. The number of hydrogen-bond acceptors (Lipinski definition) is 5. The summed E-state index contributed by atoms with van der Waals surface area (Å²) in [7, 11) is 1.76. The normalized spacial score (nSPS) is 11.7. The first kappa shape index (κ1) is 17.6. The summed E-state index contributed by atoms with van der Waals surface area (Å²) >= 11 is 1.75. The Labute approximate surface area is 127 Å². The minimum Gasteiger partial charge on any atom is -0.383 e. The third-order valence-corrected chi connectivity index (χ3v) is 3.82. The molecule has 0 saturated heterocycles. The number of methoxy groups -OCH3 is 1. The van der Waals surface area contributed by atoms with E-state index in [1.807, 2.05) is 0 Å². The average Bonchev–Trinajstić information content (AvgIpc) is 2.83. The lowest BCUT2D eigenvalue weighted by Gasteiger charge is -2.22. The van der Waals surface area contributed by atoms with Gasteiger partial charge < -0.3 is 10.1 Å². The van der Waals surface area contributed by atoms with Crippen LogP contribution in [0.15, 0.2) is 5.38 Å². The molecule has 4 nitrogen and oxygen atoms in total. The number of ether oxygens (including phenoxy) is 1. The second kappa shape index (κ2) is 10.3. The third kappa shape index (κ3) is 7.33. The highest BCUT2D eigenvalue weighted by molar-refractivity contribution is 7.09. The summed E-state index contributed by atoms with van der Waals surface area (Å²) in [6, 6.07) is 0. The van der Waals surface area contributed by atoms with Crippen molar-refractivity contribution in [3.05, 3.63) is 16.1 Å². The van der Waals surface area contributed by atoms with Crippen LogP contribution in [0.2, 0.25) is 0 Å². The zero-order valence-electron chi connectivity index (χ0n) is 13.3. The van der Waals surface area contributed by atoms with Crippen LogP contribution in [0.1, 0.15) is 37.9 Å². The fraction of sp³-hybridized carbons (Fsp3) is 0.800. The SMILES string of the molecule is CCCNCc1nc(CN(CCOC)CC(C)C)cs1. The largest absolute Gasteiger partial charge is 0.383 e. The number of hydrogen-bond donors (Lipinski definition) is 1. The van der Waals surface area contributed by atoms with Gasteiger partial charge in [0.25, 0.3) is 0 Å². The van der Waals surface area contributed by atoms with Crippen molar-refractivity contribution >= 4 is 11.3 Å². The number of thiazole rings is 1. The standard InChI is InChI=1S/C15H29N3OS/c1-5-6-16-9-15-17-14(12-20-15)11-18(7-8-19-4)10-13(2)3/h12-13,16H,5-11H2,1-4H3. The summed E-state index contributed by atoms with van der Waals surface area (Å²) in [5.41, 5.74) is 1.18. The second-order valence-corrected chi connectivity index (χ2v) is 6.47. The fourth-order valence-electron chi connectivity index (χ4n) is 2.08. The highest BCUT2D eigenvalue weighted by atomic mass is 32.1. The van der Waals surface area contributed by atoms with Crippen LogP contribution >= 0.6 is 11.3 Å². The first-order chi connectivity index (χ1) is 9.65. The van der Waals surface area contributed by atoms with E-state index in [9.17, 15) is 0 Å². The van der Waals surface area contributed by atoms with Gasteiger partial charge in [-0.25, -0.2) is 4.98 Å². The molecule has 116 valence electrons. The predicted octanol–water partition coefficient (Wildman–Crippen LogP) is 2.75. The van der Waals surface area contributed by atoms with Crippen LogP contribution < -0.4 is 5.32 Å². The van der Waals surface area contributed by atoms with Crippen molar-refractivity contribution in [2.45, 2.75) is 40.3 Å². The smallest absolute Gasteiger partial charge is 0.107 e. The number of rotatable bonds is 11. The van der Waals surface area contributed by atoms with Crippen molar-refractivity contribution in [3.8, 4) is 0 Å². The average molecular weight is 299 g/mol. The zero-order valence-corrected chi connectivity index (χ0v) is 14.1. The molecule has 0 aliphatic rings. The lowest BCUT2D eigenvalue weighted by Crippen LogP contribution is -2.30. The Bertz CT molecular complexity index is 355. The number of nitrogens with zero attached hydrogens (tertiary/aromatic N) is 2. The van der Waals surface area contributed by atoms with Gasteiger partial charge in [-0.1, -0.05) is 20.8 Å². The molecule has 1 rings (SSSR count). The Kier molecular flexibility index (Phi) is 9.02. The molecule has 0 amide bonds. The quantitative estimate of drug-likeness (QED) is 0.638. The van der Waals surface area contributed by atoms with Crippen LogP contribution in [0.25, 0.3) is 0 Å². The Morgan fingerprint density at radius 1 is 1.45 bits per heavy atom. The molecule has 1 aromatic rings. The van der Waals surface area contributed by atoms with E-state index in [0.29, 0.717) is 5.92 Å². The third-order valence-electron chi connectivity index (χ3n) is 2.92. The van der Waals surface area contributed by atoms with Gasteiger partial charge in [-0.2, -0.15) is 0 Å². The molecule has 0 aliphatic carbocycles. The van der Waals surface area contributed by atoms with Crippen molar-refractivity contribution in [2.24, 2.45) is 5.92 Å². The van der Waals surface area contributed by atoms with Crippen LogP contribution in [0, 0.1) is 5.92 Å². The lowest BCUT2D eigenvalue weighted by atomic mass is 10.2. The van der Waals surface area contributed by atoms with E-state index in [-0.39, 0.29) is 0 Å². The molecule has 0 spiro atoms. The molecule has 1 heterocycles. The van der Waals surface area contributed by atoms with Crippen molar-refractivity contribution in [2.75, 3.05) is 33.4 Å². The van der Waals surface area contributed by atoms with Gasteiger partial charge in [-0.3, -0.25) is 4.90 Å². The van der Waals surface area contributed by atoms with Gasteiger partial charge in [0, 0.05) is 38.7 Å². The molecule has 0 aliphatic heterocycles. The van der Waals surface area contributed by atoms with Gasteiger partial charge in [-0.05, 0) is 18.9 Å². The summed E-state index contributed by atoms with van der Waals surface area (Å²) in [5, 5.41) is 6.77. The minimum absolute atomic E-state index is 0.663. The van der Waals surface area contributed by atoms with Crippen molar-refractivity contribution < 1.29 is 4.74 Å². The molecule has 1 aromatic heterocycles. The van der Waals surface area contributed by atoms with Gasteiger partial charge in [0.05, 0.1) is 12.3 Å². The van der Waals surface area contributed by atoms with Gasteiger partial charge in [0.15, 0.2) is 0 Å². The van der Waals surface area contributed by atoms with Crippen LogP contribution in [0.5, 0.6) is 0 Å². The maximum absolute atomic E-state index is 5.19. The summed E-state index contributed by atoms with van der Waals surface area (Å²) in [6.07, 6.45) is 1.16. The highest BCUT2D eigenvalue weighted by Crippen LogP contribution is 2.12. The summed E-state index contributed by atoms with van der Waals surface area (Å²) < 4.78 is 5.19. The van der Waals surface area contributed by atoms with Crippen LogP contribution in [0.3, 0.4) is 0 Å². The Balaban J connectivity index is 2.46. The van der Waals surface area contributed by atoms with Gasteiger partial charge in [0.2, 0.25) is 0 Å². The molecular weight excluding hydrogens is 270 g/mol. The second-order valence-electron chi connectivity index (χ2n) is 5.53. The van der Waals surface area contributed by atoms with Crippen LogP contribution in [0.4, 0.5) is 0 Å². The van der Waals surface area contributed by atoms with E-state index in [4.69, 9.17) is 9.72 Å². The topological polar surface area (TPSA) is 37.4 Å². The molecule has 0 aromatic carbocycles. The highest BCUT2D eigenvalue weighted by Gasteiger charge is 2.10. The van der Waals surface area contributed by atoms with Gasteiger partial charge in [0.1, 0.15) is 5.01 Å². The molecule has 5 heteroatoms. The predicted molar refractivity (Wildman–Crippen MR) is 86.1 cm³/mol. The monoisotopic (exact) mass is 299 g/mol. The summed E-state index contributed by atoms with van der Waals surface area (Å²) in [5.74, 6) is 0.663. The molecule has 0 bridgehead atoms. The summed E-state index contributed by atoms with van der Waals surface area (Å²) in [6.45, 7) is 12.4. The van der Waals surface area contributed by atoms with Crippen LogP contribution in [-0.4, -0.2) is 43.2 Å². The van der Waals surface area contributed by atoms with Crippen molar-refractivity contribution in [1.29, 1.82) is 0 Å². The molecule has 0 atom stereocenters. The molecule has 0 radical (unpaired) electrons. The van der Waals surface area contributed by atoms with Gasteiger partial charge >= 0.3 is 0 Å².